The Kier molecular flexibility index (Phi) is 5.95. The van der Waals surface area contributed by atoms with Gasteiger partial charge in [-0.15, -0.1) is 11.3 Å². The van der Waals surface area contributed by atoms with Crippen molar-refractivity contribution < 1.29 is 14.7 Å². The SMILES string of the molecule is CC(C)Cn1c(=O)n(C)c(=O)c2c(C(=O)N3CC(O)CO3)c(Cn3c(=O)sc4ncccc43)sc21. The van der Waals surface area contributed by atoms with E-state index in [9.17, 15) is 24.3 Å². The van der Waals surface area contributed by atoms with Crippen LogP contribution in [0.5, 0.6) is 0 Å². The first kappa shape index (κ1) is 23.6. The van der Waals surface area contributed by atoms with Crippen LogP contribution < -0.4 is 16.1 Å². The van der Waals surface area contributed by atoms with E-state index < -0.39 is 23.3 Å². The Labute approximate surface area is 206 Å². The van der Waals surface area contributed by atoms with Crippen molar-refractivity contribution in [1.82, 2.24) is 23.7 Å². The van der Waals surface area contributed by atoms with E-state index in [1.165, 1.54) is 16.2 Å². The number of carbonyl (C=O) groups excluding carboxylic acids is 1. The van der Waals surface area contributed by atoms with Crippen LogP contribution >= 0.6 is 22.7 Å². The van der Waals surface area contributed by atoms with Crippen molar-refractivity contribution in [3.63, 3.8) is 0 Å². The number of aromatic nitrogens is 4. The molecule has 35 heavy (non-hydrogen) atoms. The van der Waals surface area contributed by atoms with Crippen LogP contribution in [-0.2, 0) is 25.0 Å². The molecule has 0 spiro atoms. The molecule has 0 radical (unpaired) electrons. The van der Waals surface area contributed by atoms with Crippen LogP contribution in [0, 0.1) is 5.92 Å². The number of aliphatic hydroxyl groups excluding tert-OH is 1. The number of fused-ring (bicyclic) bond motifs is 2. The van der Waals surface area contributed by atoms with Crippen molar-refractivity contribution in [2.75, 3.05) is 13.2 Å². The van der Waals surface area contributed by atoms with E-state index in [0.29, 0.717) is 26.6 Å². The number of aliphatic hydroxyl groups is 1. The van der Waals surface area contributed by atoms with Crippen LogP contribution in [0.4, 0.5) is 0 Å². The summed E-state index contributed by atoms with van der Waals surface area (Å²) in [7, 11) is 1.38. The zero-order valence-electron chi connectivity index (χ0n) is 19.3. The second kappa shape index (κ2) is 8.82. The molecular weight excluding hydrogens is 494 g/mol. The van der Waals surface area contributed by atoms with Gasteiger partial charge >= 0.3 is 10.6 Å². The fourth-order valence-electron chi connectivity index (χ4n) is 4.17. The number of rotatable bonds is 5. The molecule has 1 fully saturated rings. The molecule has 0 bridgehead atoms. The molecule has 0 aromatic carbocycles. The molecule has 4 aromatic heterocycles. The van der Waals surface area contributed by atoms with Gasteiger partial charge < -0.3 is 5.11 Å². The Morgan fingerprint density at radius 3 is 2.71 bits per heavy atom. The van der Waals surface area contributed by atoms with Crippen LogP contribution in [0.3, 0.4) is 0 Å². The molecule has 1 aliphatic rings. The number of thiazole rings is 1. The second-order valence-corrected chi connectivity index (χ2v) is 10.9. The highest BCUT2D eigenvalue weighted by molar-refractivity contribution is 7.19. The minimum atomic E-state index is -0.844. The van der Waals surface area contributed by atoms with E-state index in [-0.39, 0.29) is 41.4 Å². The van der Waals surface area contributed by atoms with E-state index in [2.05, 4.69) is 4.98 Å². The summed E-state index contributed by atoms with van der Waals surface area (Å²) >= 11 is 2.13. The van der Waals surface area contributed by atoms with Gasteiger partial charge in [-0.3, -0.25) is 32.9 Å². The average Bonchev–Trinajstić information content (AvgIpc) is 3.50. The highest BCUT2D eigenvalue weighted by Crippen LogP contribution is 2.32. The first-order chi connectivity index (χ1) is 16.7. The number of hydrogen-bond donors (Lipinski definition) is 1. The Balaban J connectivity index is 1.79. The van der Waals surface area contributed by atoms with E-state index in [4.69, 9.17) is 4.84 Å². The molecule has 5 rings (SSSR count). The van der Waals surface area contributed by atoms with E-state index in [0.717, 1.165) is 32.3 Å². The smallest absolute Gasteiger partial charge is 0.331 e. The zero-order valence-corrected chi connectivity index (χ0v) is 20.9. The number of amides is 1. The van der Waals surface area contributed by atoms with Gasteiger partial charge in [0.1, 0.15) is 22.4 Å². The van der Waals surface area contributed by atoms with Crippen molar-refractivity contribution in [3.05, 3.63) is 59.3 Å². The highest BCUT2D eigenvalue weighted by atomic mass is 32.1. The van der Waals surface area contributed by atoms with E-state index in [1.807, 2.05) is 13.8 Å². The minimum Gasteiger partial charge on any atom is -0.389 e. The summed E-state index contributed by atoms with van der Waals surface area (Å²) in [6.07, 6.45) is 0.755. The number of β-amino-alcohol motifs (C(OH)–C–C–N with tert-alkyl or cyclic N) is 1. The summed E-state index contributed by atoms with van der Waals surface area (Å²) in [5.74, 6) is -0.495. The topological polar surface area (TPSA) is 129 Å². The van der Waals surface area contributed by atoms with Gasteiger partial charge in [-0.1, -0.05) is 25.2 Å². The quantitative estimate of drug-likeness (QED) is 0.418. The molecule has 4 aromatic rings. The van der Waals surface area contributed by atoms with Crippen LogP contribution in [0.25, 0.3) is 20.6 Å². The molecule has 1 amide bonds. The Bertz CT molecular complexity index is 1640. The zero-order chi connectivity index (χ0) is 25.0. The molecule has 1 N–H and O–H groups in total. The number of nitrogens with zero attached hydrogens (tertiary/aromatic N) is 5. The van der Waals surface area contributed by atoms with Crippen molar-refractivity contribution in [2.45, 2.75) is 33.0 Å². The number of thiophene rings is 1. The Morgan fingerprint density at radius 2 is 2.03 bits per heavy atom. The van der Waals surface area contributed by atoms with Gasteiger partial charge in [0.05, 0.1) is 29.6 Å². The van der Waals surface area contributed by atoms with Gasteiger partial charge in [0, 0.05) is 24.7 Å². The molecule has 11 nitrogen and oxygen atoms in total. The highest BCUT2D eigenvalue weighted by Gasteiger charge is 2.33. The molecule has 184 valence electrons. The van der Waals surface area contributed by atoms with Gasteiger partial charge in [-0.2, -0.15) is 0 Å². The molecule has 1 atom stereocenters. The summed E-state index contributed by atoms with van der Waals surface area (Å²) in [5.41, 5.74) is -0.385. The maximum Gasteiger partial charge on any atom is 0.331 e. The van der Waals surface area contributed by atoms with Gasteiger partial charge in [-0.25, -0.2) is 14.8 Å². The third-order valence-corrected chi connectivity index (χ3v) is 7.88. The van der Waals surface area contributed by atoms with Gasteiger partial charge in [-0.05, 0) is 18.1 Å². The fourth-order valence-corrected chi connectivity index (χ4v) is 6.28. The van der Waals surface area contributed by atoms with Crippen molar-refractivity contribution >= 4 is 49.1 Å². The number of hydroxylamine groups is 2. The van der Waals surface area contributed by atoms with E-state index in [1.54, 1.807) is 18.3 Å². The molecule has 5 heterocycles. The molecule has 0 saturated carbocycles. The summed E-state index contributed by atoms with van der Waals surface area (Å²) < 4.78 is 4.00. The summed E-state index contributed by atoms with van der Waals surface area (Å²) in [6.45, 7) is 4.18. The average molecular weight is 518 g/mol. The van der Waals surface area contributed by atoms with Crippen LogP contribution in [0.15, 0.2) is 32.7 Å². The third-order valence-electron chi connectivity index (χ3n) is 5.78. The van der Waals surface area contributed by atoms with Crippen molar-refractivity contribution in [1.29, 1.82) is 0 Å². The standard InChI is InChI=1S/C22H23N5O6S2/c1-11(2)7-26-20-16(18(29)24(3)21(26)31)15(19(30)27-8-12(28)10-33-27)14(34-20)9-25-13-5-4-6-23-17(13)35-22(25)32/h4-6,11-12,28H,7-10H2,1-3H3. The third kappa shape index (κ3) is 3.93. The fraction of sp³-hybridized carbons (Fsp3) is 0.409. The van der Waals surface area contributed by atoms with E-state index >= 15 is 0 Å². The van der Waals surface area contributed by atoms with Crippen molar-refractivity contribution in [3.8, 4) is 0 Å². The molecule has 1 aliphatic heterocycles. The van der Waals surface area contributed by atoms with Crippen LogP contribution in [0.2, 0.25) is 0 Å². The van der Waals surface area contributed by atoms with Gasteiger partial charge in [0.15, 0.2) is 0 Å². The first-order valence-corrected chi connectivity index (χ1v) is 12.6. The molecule has 0 aliphatic carbocycles. The lowest BCUT2D eigenvalue weighted by atomic mass is 10.1. The van der Waals surface area contributed by atoms with Crippen molar-refractivity contribution in [2.24, 2.45) is 13.0 Å². The Morgan fingerprint density at radius 1 is 1.26 bits per heavy atom. The number of pyridine rings is 1. The summed E-state index contributed by atoms with van der Waals surface area (Å²) in [6, 6.07) is 3.49. The monoisotopic (exact) mass is 517 g/mol. The predicted molar refractivity (Wildman–Crippen MR) is 132 cm³/mol. The largest absolute Gasteiger partial charge is 0.389 e. The van der Waals surface area contributed by atoms with Gasteiger partial charge in [0.2, 0.25) is 0 Å². The second-order valence-electron chi connectivity index (χ2n) is 8.83. The normalized spacial score (nSPS) is 16.3. The predicted octanol–water partition coefficient (Wildman–Crippen LogP) is 0.986. The van der Waals surface area contributed by atoms with Gasteiger partial charge in [0.25, 0.3) is 11.5 Å². The molecule has 13 heteroatoms. The maximum absolute atomic E-state index is 13.6. The maximum atomic E-state index is 13.6. The molecular formula is C22H23N5O6S2. The molecule has 1 saturated heterocycles. The first-order valence-electron chi connectivity index (χ1n) is 11.0. The number of hydrogen-bond acceptors (Lipinski definition) is 9. The summed E-state index contributed by atoms with van der Waals surface area (Å²) in [5, 5.41) is 11.0. The Hall–Kier alpha value is -3.13. The van der Waals surface area contributed by atoms with Crippen LogP contribution in [-0.4, -0.2) is 54.0 Å². The lowest BCUT2D eigenvalue weighted by Crippen LogP contribution is -2.39. The van der Waals surface area contributed by atoms with Crippen LogP contribution in [0.1, 0.15) is 29.1 Å². The molecule has 1 unspecified atom stereocenters. The number of carbonyl (C=O) groups is 1. The lowest BCUT2D eigenvalue weighted by molar-refractivity contribution is -0.0778. The lowest BCUT2D eigenvalue weighted by Gasteiger charge is -2.15. The summed E-state index contributed by atoms with van der Waals surface area (Å²) in [4.78, 5) is 63.4. The minimum absolute atomic E-state index is 0.0142.